The van der Waals surface area contributed by atoms with Crippen LogP contribution in [0.5, 0.6) is 0 Å². The van der Waals surface area contributed by atoms with Gasteiger partial charge in [0, 0.05) is 0 Å². The average molecular weight is 197 g/mol. The fraction of sp³-hybridized carbons (Fsp3) is 0.556. The third kappa shape index (κ3) is 2.04. The van der Waals surface area contributed by atoms with Gasteiger partial charge in [-0.2, -0.15) is 5.10 Å². The van der Waals surface area contributed by atoms with Crippen molar-refractivity contribution >= 4 is 11.7 Å². The molecule has 1 aromatic rings. The predicted octanol–water partition coefficient (Wildman–Crippen LogP) is 0.645. The lowest BCUT2D eigenvalue weighted by Crippen LogP contribution is -2.09. The molecular weight excluding hydrogens is 182 g/mol. The molecule has 0 aliphatic carbocycles. The summed E-state index contributed by atoms with van der Waals surface area (Å²) in [5.41, 5.74) is 8.13. The predicted molar refractivity (Wildman–Crippen MR) is 52.7 cm³/mol. The van der Waals surface area contributed by atoms with E-state index in [-0.39, 0.29) is 5.97 Å². The van der Waals surface area contributed by atoms with E-state index >= 15 is 0 Å². The lowest BCUT2D eigenvalue weighted by molar-refractivity contribution is -0.140. The van der Waals surface area contributed by atoms with Crippen molar-refractivity contribution in [2.75, 3.05) is 12.8 Å². The minimum absolute atomic E-state index is 0.240. The number of carbonyl (C=O) groups excluding carboxylic acids is 1. The Morgan fingerprint density at radius 1 is 1.57 bits per heavy atom. The van der Waals surface area contributed by atoms with Crippen molar-refractivity contribution in [2.24, 2.45) is 0 Å². The molecule has 0 aromatic carbocycles. The van der Waals surface area contributed by atoms with Crippen LogP contribution in [0, 0.1) is 13.8 Å². The van der Waals surface area contributed by atoms with Gasteiger partial charge < -0.3 is 10.5 Å². The molecule has 1 rings (SSSR count). The fourth-order valence-electron chi connectivity index (χ4n) is 1.23. The van der Waals surface area contributed by atoms with Crippen LogP contribution in [0.15, 0.2) is 0 Å². The number of methoxy groups -OCH3 is 1. The van der Waals surface area contributed by atoms with Gasteiger partial charge in [0.1, 0.15) is 0 Å². The number of aromatic nitrogens is 2. The van der Waals surface area contributed by atoms with Gasteiger partial charge >= 0.3 is 5.97 Å². The molecule has 0 aliphatic heterocycles. The summed E-state index contributed by atoms with van der Waals surface area (Å²) in [7, 11) is 1.37. The third-order valence-electron chi connectivity index (χ3n) is 2.19. The molecule has 0 bridgehead atoms. The number of hydrogen-bond acceptors (Lipinski definition) is 4. The van der Waals surface area contributed by atoms with E-state index < -0.39 is 0 Å². The maximum absolute atomic E-state index is 10.9. The molecule has 78 valence electrons. The summed E-state index contributed by atoms with van der Waals surface area (Å²) in [5.74, 6) is -0.240. The highest BCUT2D eigenvalue weighted by Crippen LogP contribution is 2.14. The number of nitrogens with two attached hydrogens (primary N) is 1. The lowest BCUT2D eigenvalue weighted by atomic mass is 10.3. The molecule has 0 saturated heterocycles. The Balaban J connectivity index is 2.68. The highest BCUT2D eigenvalue weighted by molar-refractivity contribution is 5.69. The molecule has 5 nitrogen and oxygen atoms in total. The maximum Gasteiger partial charge on any atom is 0.307 e. The van der Waals surface area contributed by atoms with Crippen molar-refractivity contribution in [1.82, 2.24) is 9.78 Å². The number of aryl methyl sites for hydroxylation is 2. The van der Waals surface area contributed by atoms with E-state index in [4.69, 9.17) is 5.73 Å². The van der Waals surface area contributed by atoms with Crippen LogP contribution in [0.25, 0.3) is 0 Å². The number of carbonyl (C=O) groups is 1. The first-order valence-corrected chi connectivity index (χ1v) is 4.42. The first-order chi connectivity index (χ1) is 6.56. The number of nitrogen functional groups attached to an aromatic ring is 1. The monoisotopic (exact) mass is 197 g/mol. The second kappa shape index (κ2) is 4.13. The van der Waals surface area contributed by atoms with Gasteiger partial charge in [-0.05, 0) is 13.8 Å². The van der Waals surface area contributed by atoms with Gasteiger partial charge in [0.05, 0.1) is 37.2 Å². The van der Waals surface area contributed by atoms with Crippen LogP contribution in [0.4, 0.5) is 5.69 Å². The molecule has 1 heterocycles. The van der Waals surface area contributed by atoms with E-state index in [0.29, 0.717) is 18.7 Å². The Labute approximate surface area is 82.8 Å². The third-order valence-corrected chi connectivity index (χ3v) is 2.19. The molecule has 2 N–H and O–H groups in total. The van der Waals surface area contributed by atoms with E-state index in [9.17, 15) is 4.79 Å². The van der Waals surface area contributed by atoms with Crippen LogP contribution < -0.4 is 5.73 Å². The summed E-state index contributed by atoms with van der Waals surface area (Å²) < 4.78 is 6.26. The molecule has 0 fully saturated rings. The molecule has 0 atom stereocenters. The van der Waals surface area contributed by atoms with Gasteiger partial charge in [-0.3, -0.25) is 9.48 Å². The molecule has 0 aliphatic rings. The Kier molecular flexibility index (Phi) is 3.11. The van der Waals surface area contributed by atoms with Crippen LogP contribution in [-0.4, -0.2) is 22.9 Å². The van der Waals surface area contributed by atoms with Gasteiger partial charge in [-0.15, -0.1) is 0 Å². The molecule has 5 heteroatoms. The van der Waals surface area contributed by atoms with Crippen LogP contribution in [-0.2, 0) is 16.1 Å². The molecule has 0 spiro atoms. The normalized spacial score (nSPS) is 10.2. The van der Waals surface area contributed by atoms with Gasteiger partial charge in [0.2, 0.25) is 0 Å². The molecule has 1 aromatic heterocycles. The second-order valence-electron chi connectivity index (χ2n) is 3.13. The smallest absolute Gasteiger partial charge is 0.307 e. The van der Waals surface area contributed by atoms with E-state index in [1.807, 2.05) is 13.8 Å². The number of hydrogen-bond donors (Lipinski definition) is 1. The first kappa shape index (κ1) is 10.6. The minimum atomic E-state index is -0.240. The van der Waals surface area contributed by atoms with Crippen molar-refractivity contribution in [3.05, 3.63) is 11.4 Å². The topological polar surface area (TPSA) is 70.1 Å². The second-order valence-corrected chi connectivity index (χ2v) is 3.13. The largest absolute Gasteiger partial charge is 0.469 e. The van der Waals surface area contributed by atoms with Crippen molar-refractivity contribution in [3.63, 3.8) is 0 Å². The summed E-state index contributed by atoms with van der Waals surface area (Å²) in [4.78, 5) is 10.9. The quantitative estimate of drug-likeness (QED) is 0.722. The molecule has 0 unspecified atom stereocenters. The van der Waals surface area contributed by atoms with Crippen LogP contribution in [0.3, 0.4) is 0 Å². The lowest BCUT2D eigenvalue weighted by Gasteiger charge is -2.02. The molecule has 0 amide bonds. The summed E-state index contributed by atoms with van der Waals surface area (Å²) in [6.07, 6.45) is 0.317. The average Bonchev–Trinajstić information content (AvgIpc) is 2.42. The fourth-order valence-corrected chi connectivity index (χ4v) is 1.23. The number of esters is 1. The number of ether oxygens (including phenoxy) is 1. The Morgan fingerprint density at radius 3 is 2.64 bits per heavy atom. The van der Waals surface area contributed by atoms with Crippen LogP contribution in [0.2, 0.25) is 0 Å². The minimum Gasteiger partial charge on any atom is -0.469 e. The Hall–Kier alpha value is -1.52. The van der Waals surface area contributed by atoms with Crippen molar-refractivity contribution < 1.29 is 9.53 Å². The van der Waals surface area contributed by atoms with Crippen LogP contribution in [0.1, 0.15) is 17.8 Å². The zero-order valence-corrected chi connectivity index (χ0v) is 8.70. The molecular formula is C9H15N3O2. The number of rotatable bonds is 3. The maximum atomic E-state index is 10.9. The Bertz CT molecular complexity index is 344. The first-order valence-electron chi connectivity index (χ1n) is 4.42. The van der Waals surface area contributed by atoms with Gasteiger partial charge in [-0.1, -0.05) is 0 Å². The molecule has 0 radical (unpaired) electrons. The Morgan fingerprint density at radius 2 is 2.21 bits per heavy atom. The van der Waals surface area contributed by atoms with Crippen molar-refractivity contribution in [1.29, 1.82) is 0 Å². The van der Waals surface area contributed by atoms with E-state index in [1.54, 1.807) is 4.68 Å². The van der Waals surface area contributed by atoms with Crippen molar-refractivity contribution in [2.45, 2.75) is 26.8 Å². The summed E-state index contributed by atoms with van der Waals surface area (Å²) >= 11 is 0. The number of nitrogens with zero attached hydrogens (tertiary/aromatic N) is 2. The van der Waals surface area contributed by atoms with Gasteiger partial charge in [0.25, 0.3) is 0 Å². The highest BCUT2D eigenvalue weighted by Gasteiger charge is 2.09. The van der Waals surface area contributed by atoms with Gasteiger partial charge in [-0.25, -0.2) is 0 Å². The molecule has 14 heavy (non-hydrogen) atoms. The standard InChI is InChI=1S/C9H15N3O2/c1-6-9(10)7(2)12(11-6)5-4-8(13)14-3/h4-5,10H2,1-3H3. The van der Waals surface area contributed by atoms with E-state index in [0.717, 1.165) is 11.4 Å². The summed E-state index contributed by atoms with van der Waals surface area (Å²) in [6, 6.07) is 0. The van der Waals surface area contributed by atoms with Gasteiger partial charge in [0.15, 0.2) is 0 Å². The van der Waals surface area contributed by atoms with Crippen LogP contribution >= 0.6 is 0 Å². The summed E-state index contributed by atoms with van der Waals surface area (Å²) in [5, 5.41) is 4.20. The number of anilines is 1. The molecule has 0 saturated carbocycles. The van der Waals surface area contributed by atoms with E-state index in [1.165, 1.54) is 7.11 Å². The van der Waals surface area contributed by atoms with Crippen molar-refractivity contribution in [3.8, 4) is 0 Å². The highest BCUT2D eigenvalue weighted by atomic mass is 16.5. The summed E-state index contributed by atoms with van der Waals surface area (Å²) in [6.45, 7) is 4.24. The SMILES string of the molecule is COC(=O)CCn1nc(C)c(N)c1C. The zero-order chi connectivity index (χ0) is 10.7. The van der Waals surface area contributed by atoms with E-state index in [2.05, 4.69) is 9.84 Å². The zero-order valence-electron chi connectivity index (χ0n) is 8.70.